The average Bonchev–Trinajstić information content (AvgIpc) is 3.39. The number of sulfonamides is 1. The van der Waals surface area contributed by atoms with E-state index in [1.807, 2.05) is 22.9 Å². The molecule has 0 aliphatic heterocycles. The Morgan fingerprint density at radius 1 is 1.14 bits per heavy atom. The fourth-order valence-electron chi connectivity index (χ4n) is 2.64. The van der Waals surface area contributed by atoms with Crippen LogP contribution in [0.15, 0.2) is 52.1 Å². The largest absolute Gasteiger partial charge is 0.416 e. The molecule has 6 nitrogen and oxygen atoms in total. The molecule has 0 aliphatic carbocycles. The lowest BCUT2D eigenvalue weighted by Gasteiger charge is -2.10. The summed E-state index contributed by atoms with van der Waals surface area (Å²) in [6, 6.07) is 7.46. The van der Waals surface area contributed by atoms with E-state index < -0.39 is 26.7 Å². The van der Waals surface area contributed by atoms with E-state index in [0.29, 0.717) is 23.3 Å². The number of aromatic nitrogens is 3. The van der Waals surface area contributed by atoms with E-state index >= 15 is 0 Å². The van der Waals surface area contributed by atoms with Gasteiger partial charge in [-0.05, 0) is 29.6 Å². The van der Waals surface area contributed by atoms with Crippen LogP contribution in [0.2, 0.25) is 0 Å². The number of fused-ring (bicyclic) bond motifs is 1. The number of alkyl halides is 3. The van der Waals surface area contributed by atoms with E-state index in [9.17, 15) is 21.6 Å². The zero-order chi connectivity index (χ0) is 20.6. The van der Waals surface area contributed by atoms with Gasteiger partial charge in [0.25, 0.3) is 0 Å². The summed E-state index contributed by atoms with van der Waals surface area (Å²) in [4.78, 5) is 5.63. The van der Waals surface area contributed by atoms with Crippen LogP contribution in [-0.4, -0.2) is 29.6 Å². The first kappa shape index (κ1) is 20.0. The van der Waals surface area contributed by atoms with E-state index in [2.05, 4.69) is 14.8 Å². The van der Waals surface area contributed by atoms with Crippen LogP contribution in [0.1, 0.15) is 11.3 Å². The van der Waals surface area contributed by atoms with Gasteiger partial charge in [0.1, 0.15) is 0 Å². The molecule has 3 aromatic heterocycles. The van der Waals surface area contributed by atoms with Crippen molar-refractivity contribution in [2.24, 2.45) is 0 Å². The highest BCUT2D eigenvalue weighted by Gasteiger charge is 2.31. The molecular weight excluding hydrogens is 445 g/mol. The molecule has 0 aliphatic rings. The predicted octanol–water partition coefficient (Wildman–Crippen LogP) is 4.06. The number of thiazole rings is 1. The maximum absolute atomic E-state index is 12.8. The van der Waals surface area contributed by atoms with Gasteiger partial charge >= 0.3 is 6.18 Å². The molecule has 1 aromatic carbocycles. The van der Waals surface area contributed by atoms with Gasteiger partial charge in [0, 0.05) is 18.3 Å². The van der Waals surface area contributed by atoms with E-state index in [4.69, 9.17) is 0 Å². The van der Waals surface area contributed by atoms with Gasteiger partial charge in [-0.1, -0.05) is 12.1 Å². The second kappa shape index (κ2) is 7.52. The Morgan fingerprint density at radius 3 is 2.69 bits per heavy atom. The summed E-state index contributed by atoms with van der Waals surface area (Å²) >= 11 is 2.90. The quantitative estimate of drug-likeness (QED) is 0.473. The molecule has 12 heteroatoms. The normalized spacial score (nSPS) is 12.7. The molecule has 0 radical (unpaired) electrons. The molecule has 0 fully saturated rings. The summed E-state index contributed by atoms with van der Waals surface area (Å²) in [5.41, 5.74) is -0.254. The monoisotopic (exact) mass is 458 g/mol. The number of hydrogen-bond donors (Lipinski definition) is 1. The molecule has 0 saturated heterocycles. The number of nitrogens with zero attached hydrogens (tertiary/aromatic N) is 3. The summed E-state index contributed by atoms with van der Waals surface area (Å²) < 4.78 is 67.2. The summed E-state index contributed by atoms with van der Waals surface area (Å²) in [7, 11) is -4.07. The number of nitrogens with one attached hydrogen (secondary N) is 1. The summed E-state index contributed by atoms with van der Waals surface area (Å²) in [5, 5.41) is 8.20. The fraction of sp³-hybridized carbons (Fsp3) is 0.176. The van der Waals surface area contributed by atoms with Gasteiger partial charge in [0.2, 0.25) is 15.0 Å². The van der Waals surface area contributed by atoms with Gasteiger partial charge in [0.15, 0.2) is 5.82 Å². The van der Waals surface area contributed by atoms with Crippen molar-refractivity contribution in [2.45, 2.75) is 17.5 Å². The Hall–Kier alpha value is -2.28. The minimum absolute atomic E-state index is 0.0125. The molecule has 4 rings (SSSR count). The molecule has 0 saturated carbocycles. The highest BCUT2D eigenvalue weighted by Crippen LogP contribution is 2.30. The lowest BCUT2D eigenvalue weighted by molar-refractivity contribution is -0.137. The first-order valence-corrected chi connectivity index (χ1v) is 11.5. The fourth-order valence-corrected chi connectivity index (χ4v) is 5.23. The van der Waals surface area contributed by atoms with Gasteiger partial charge in [-0.3, -0.25) is 0 Å². The standard InChI is InChI=1S/C17H13F3N4O2S3/c18-17(19,20)11-3-1-4-13(9-11)29(25,26)21-7-6-12-10-28-16-22-15(23-24(12)16)14-5-2-8-27-14/h1-5,8-10,21H,6-7H2. The molecule has 0 bridgehead atoms. The Morgan fingerprint density at radius 2 is 1.97 bits per heavy atom. The van der Waals surface area contributed by atoms with Crippen LogP contribution in [0, 0.1) is 0 Å². The average molecular weight is 459 g/mol. The van der Waals surface area contributed by atoms with Crippen LogP contribution in [0.5, 0.6) is 0 Å². The van der Waals surface area contributed by atoms with Gasteiger partial charge in [-0.2, -0.15) is 18.2 Å². The number of thiophene rings is 1. The minimum atomic E-state index is -4.61. The molecule has 0 atom stereocenters. The van der Waals surface area contributed by atoms with Crippen LogP contribution in [0.4, 0.5) is 13.2 Å². The lowest BCUT2D eigenvalue weighted by atomic mass is 10.2. The first-order chi connectivity index (χ1) is 13.7. The maximum Gasteiger partial charge on any atom is 0.416 e. The van der Waals surface area contributed by atoms with Crippen LogP contribution in [0.3, 0.4) is 0 Å². The van der Waals surface area contributed by atoms with Gasteiger partial charge in [-0.25, -0.2) is 17.7 Å². The van der Waals surface area contributed by atoms with Crippen molar-refractivity contribution >= 4 is 37.7 Å². The molecule has 0 unspecified atom stereocenters. The summed E-state index contributed by atoms with van der Waals surface area (Å²) in [6.45, 7) is 0.0125. The van der Waals surface area contributed by atoms with E-state index in [-0.39, 0.29) is 6.54 Å². The Labute approximate surface area is 171 Å². The zero-order valence-electron chi connectivity index (χ0n) is 14.5. The van der Waals surface area contributed by atoms with Crippen molar-refractivity contribution in [3.05, 3.63) is 58.4 Å². The van der Waals surface area contributed by atoms with Gasteiger partial charge < -0.3 is 0 Å². The highest BCUT2D eigenvalue weighted by atomic mass is 32.2. The molecule has 4 aromatic rings. The van der Waals surface area contributed by atoms with Crippen LogP contribution in [0.25, 0.3) is 15.7 Å². The first-order valence-electron chi connectivity index (χ1n) is 8.28. The van der Waals surface area contributed by atoms with Gasteiger partial charge in [0.05, 0.1) is 21.0 Å². The van der Waals surface area contributed by atoms with E-state index in [1.54, 1.807) is 4.52 Å². The number of benzene rings is 1. The number of halogens is 3. The second-order valence-corrected chi connectivity index (χ2v) is 9.56. The number of rotatable bonds is 6. The molecule has 1 N–H and O–H groups in total. The van der Waals surface area contributed by atoms with Crippen molar-refractivity contribution in [1.29, 1.82) is 0 Å². The smallest absolute Gasteiger partial charge is 0.211 e. The third-order valence-electron chi connectivity index (χ3n) is 4.04. The third kappa shape index (κ3) is 4.20. The predicted molar refractivity (Wildman–Crippen MR) is 105 cm³/mol. The van der Waals surface area contributed by atoms with Crippen molar-refractivity contribution in [3.8, 4) is 10.7 Å². The van der Waals surface area contributed by atoms with Crippen molar-refractivity contribution in [1.82, 2.24) is 19.3 Å². The minimum Gasteiger partial charge on any atom is -0.211 e. The highest BCUT2D eigenvalue weighted by molar-refractivity contribution is 7.89. The Balaban J connectivity index is 1.47. The van der Waals surface area contributed by atoms with Crippen molar-refractivity contribution in [3.63, 3.8) is 0 Å². The zero-order valence-corrected chi connectivity index (χ0v) is 17.0. The molecule has 29 heavy (non-hydrogen) atoms. The van der Waals surface area contributed by atoms with Crippen LogP contribution < -0.4 is 4.72 Å². The molecular formula is C17H13F3N4O2S3. The Kier molecular flexibility index (Phi) is 5.19. The van der Waals surface area contributed by atoms with Crippen LogP contribution in [-0.2, 0) is 22.6 Å². The van der Waals surface area contributed by atoms with E-state index in [1.165, 1.54) is 22.7 Å². The lowest BCUT2D eigenvalue weighted by Crippen LogP contribution is -2.26. The number of hydrogen-bond acceptors (Lipinski definition) is 6. The van der Waals surface area contributed by atoms with Crippen LogP contribution >= 0.6 is 22.7 Å². The summed E-state index contributed by atoms with van der Waals surface area (Å²) in [6.07, 6.45) is -4.30. The van der Waals surface area contributed by atoms with Gasteiger partial charge in [-0.15, -0.1) is 27.8 Å². The topological polar surface area (TPSA) is 76.4 Å². The maximum atomic E-state index is 12.8. The Bertz CT molecular complexity index is 1240. The van der Waals surface area contributed by atoms with E-state index in [0.717, 1.165) is 28.8 Å². The molecule has 152 valence electrons. The molecule has 0 amide bonds. The third-order valence-corrected chi connectivity index (χ3v) is 7.23. The SMILES string of the molecule is O=S(=O)(NCCc1csc2nc(-c3cccs3)nn12)c1cccc(C(F)(F)F)c1. The van der Waals surface area contributed by atoms with Crippen molar-refractivity contribution < 1.29 is 21.6 Å². The molecule has 0 spiro atoms. The summed E-state index contributed by atoms with van der Waals surface area (Å²) in [5.74, 6) is 0.595. The molecule has 3 heterocycles. The second-order valence-electron chi connectivity index (χ2n) is 6.01. The van der Waals surface area contributed by atoms with Crippen molar-refractivity contribution in [2.75, 3.05) is 6.54 Å².